The lowest BCUT2D eigenvalue weighted by Crippen LogP contribution is -2.46. The van der Waals surface area contributed by atoms with Crippen molar-refractivity contribution in [3.63, 3.8) is 0 Å². The normalized spacial score (nSPS) is 15.3. The second-order valence-corrected chi connectivity index (χ2v) is 7.11. The van der Waals surface area contributed by atoms with Crippen LogP contribution in [0.1, 0.15) is 5.56 Å². The summed E-state index contributed by atoms with van der Waals surface area (Å²) >= 11 is 5.68. The molecule has 2 heterocycles. The minimum atomic E-state index is 0.828. The second kappa shape index (κ2) is 7.89. The topological polar surface area (TPSA) is 16.3 Å². The Balaban J connectivity index is 1.36. The molecule has 3 aromatic rings. The zero-order valence-electron chi connectivity index (χ0n) is 14.9. The zero-order chi connectivity index (χ0) is 17.8. The van der Waals surface area contributed by atoms with Crippen molar-refractivity contribution < 1.29 is 0 Å². The molecule has 0 N–H and O–H groups in total. The molecule has 0 bridgehead atoms. The summed E-state index contributed by atoms with van der Waals surface area (Å²) in [6, 6.07) is 21.1. The highest BCUT2D eigenvalue weighted by atomic mass is 32.1. The van der Waals surface area contributed by atoms with Crippen LogP contribution >= 0.6 is 12.2 Å². The number of anilines is 1. The fourth-order valence-corrected chi connectivity index (χ4v) is 3.71. The number of rotatable bonds is 5. The fourth-order valence-electron chi connectivity index (χ4n) is 3.46. The number of benzene rings is 2. The maximum Gasteiger partial charge on any atom is 0.181 e. The van der Waals surface area contributed by atoms with Gasteiger partial charge in [0.05, 0.1) is 6.67 Å². The van der Waals surface area contributed by atoms with Gasteiger partial charge in [-0.2, -0.15) is 0 Å². The van der Waals surface area contributed by atoms with Crippen LogP contribution in [0.15, 0.2) is 73.1 Å². The van der Waals surface area contributed by atoms with Gasteiger partial charge in [-0.05, 0) is 29.9 Å². The predicted molar refractivity (Wildman–Crippen MR) is 109 cm³/mol. The van der Waals surface area contributed by atoms with E-state index in [4.69, 9.17) is 12.2 Å². The number of hydrogen-bond acceptors (Lipinski definition) is 3. The first kappa shape index (κ1) is 17.1. The second-order valence-electron chi connectivity index (χ2n) is 6.75. The first-order valence-electron chi connectivity index (χ1n) is 9.11. The van der Waals surface area contributed by atoms with Gasteiger partial charge in [-0.25, -0.2) is 0 Å². The van der Waals surface area contributed by atoms with E-state index in [1.807, 2.05) is 6.07 Å². The number of aromatic nitrogens is 2. The Morgan fingerprint density at radius 2 is 1.35 bits per heavy atom. The average molecular weight is 365 g/mol. The summed E-state index contributed by atoms with van der Waals surface area (Å²) in [6.45, 7) is 5.92. The molecule has 5 heteroatoms. The molecule has 0 spiro atoms. The molecule has 0 radical (unpaired) electrons. The zero-order valence-corrected chi connectivity index (χ0v) is 15.7. The molecule has 1 aliphatic heterocycles. The number of imidazole rings is 1. The van der Waals surface area contributed by atoms with Crippen molar-refractivity contribution in [1.29, 1.82) is 0 Å². The lowest BCUT2D eigenvalue weighted by atomic mass is 10.2. The van der Waals surface area contributed by atoms with Crippen molar-refractivity contribution in [2.75, 3.05) is 31.1 Å². The first-order valence-corrected chi connectivity index (χ1v) is 9.52. The van der Waals surface area contributed by atoms with E-state index in [1.54, 1.807) is 0 Å². The minimum absolute atomic E-state index is 0.828. The molecule has 0 saturated carbocycles. The van der Waals surface area contributed by atoms with E-state index < -0.39 is 0 Å². The van der Waals surface area contributed by atoms with Crippen molar-refractivity contribution in [1.82, 2.24) is 14.0 Å². The van der Waals surface area contributed by atoms with Crippen LogP contribution in [0.3, 0.4) is 0 Å². The lowest BCUT2D eigenvalue weighted by Gasteiger charge is -2.36. The fraction of sp³-hybridized carbons (Fsp3) is 0.286. The van der Waals surface area contributed by atoms with Gasteiger partial charge >= 0.3 is 0 Å². The van der Waals surface area contributed by atoms with Gasteiger partial charge in [-0.1, -0.05) is 48.5 Å². The van der Waals surface area contributed by atoms with Crippen molar-refractivity contribution in [2.45, 2.75) is 13.2 Å². The quantitative estimate of drug-likeness (QED) is 0.640. The van der Waals surface area contributed by atoms with Crippen LogP contribution in [0.2, 0.25) is 0 Å². The summed E-state index contributed by atoms with van der Waals surface area (Å²) in [6.07, 6.45) is 4.20. The van der Waals surface area contributed by atoms with Crippen LogP contribution in [0.4, 0.5) is 5.69 Å². The summed E-state index contributed by atoms with van der Waals surface area (Å²) in [5.41, 5.74) is 2.59. The third-order valence-electron chi connectivity index (χ3n) is 4.96. The van der Waals surface area contributed by atoms with E-state index in [0.29, 0.717) is 0 Å². The molecule has 0 atom stereocenters. The van der Waals surface area contributed by atoms with Crippen molar-refractivity contribution in [3.05, 3.63) is 83.4 Å². The van der Waals surface area contributed by atoms with E-state index in [9.17, 15) is 0 Å². The molecule has 2 aromatic carbocycles. The van der Waals surface area contributed by atoms with Gasteiger partial charge in [-0.15, -0.1) is 0 Å². The average Bonchev–Trinajstić information content (AvgIpc) is 3.04. The molecule has 4 nitrogen and oxygen atoms in total. The summed E-state index contributed by atoms with van der Waals surface area (Å²) in [5, 5.41) is 0. The van der Waals surface area contributed by atoms with Gasteiger partial charge in [-0.3, -0.25) is 4.90 Å². The van der Waals surface area contributed by atoms with Crippen LogP contribution in [0.5, 0.6) is 0 Å². The monoisotopic (exact) mass is 364 g/mol. The standard InChI is InChI=1S/C21H24N4S/c26-21-24(17-19-7-3-1-4-8-19)15-16-25(21)18-22-11-13-23(14-12-22)20-9-5-2-6-10-20/h1-10,15-16H,11-14,17-18H2. The number of nitrogens with zero attached hydrogens (tertiary/aromatic N) is 4. The number of piperazine rings is 1. The van der Waals surface area contributed by atoms with Crippen molar-refractivity contribution in [3.8, 4) is 0 Å². The molecule has 0 unspecified atom stereocenters. The van der Waals surface area contributed by atoms with Gasteiger partial charge < -0.3 is 14.0 Å². The van der Waals surface area contributed by atoms with E-state index >= 15 is 0 Å². The molecular weight excluding hydrogens is 340 g/mol. The van der Waals surface area contributed by atoms with Gasteiger partial charge in [0.25, 0.3) is 0 Å². The van der Waals surface area contributed by atoms with Gasteiger partial charge in [0.2, 0.25) is 0 Å². The molecule has 134 valence electrons. The van der Waals surface area contributed by atoms with Crippen LogP contribution in [-0.4, -0.2) is 40.2 Å². The van der Waals surface area contributed by atoms with Gasteiger partial charge in [0, 0.05) is 50.8 Å². The Bertz CT molecular complexity index is 877. The molecule has 0 aliphatic carbocycles. The molecule has 1 aromatic heterocycles. The van der Waals surface area contributed by atoms with Crippen molar-refractivity contribution in [2.24, 2.45) is 0 Å². The Morgan fingerprint density at radius 1 is 0.731 bits per heavy atom. The molecule has 26 heavy (non-hydrogen) atoms. The Hall–Kier alpha value is -2.37. The highest BCUT2D eigenvalue weighted by Crippen LogP contribution is 2.16. The largest absolute Gasteiger partial charge is 0.369 e. The van der Waals surface area contributed by atoms with Gasteiger partial charge in [0.15, 0.2) is 4.77 Å². The smallest absolute Gasteiger partial charge is 0.181 e. The lowest BCUT2D eigenvalue weighted by molar-refractivity contribution is 0.204. The van der Waals surface area contributed by atoms with Crippen LogP contribution in [0.25, 0.3) is 0 Å². The summed E-state index contributed by atoms with van der Waals surface area (Å²) in [4.78, 5) is 4.93. The van der Waals surface area contributed by atoms with Crippen LogP contribution < -0.4 is 4.90 Å². The summed E-state index contributed by atoms with van der Waals surface area (Å²) in [5.74, 6) is 0. The Morgan fingerprint density at radius 3 is 2.04 bits per heavy atom. The van der Waals surface area contributed by atoms with E-state index in [0.717, 1.165) is 44.2 Å². The maximum atomic E-state index is 5.68. The highest BCUT2D eigenvalue weighted by molar-refractivity contribution is 7.71. The van der Waals surface area contributed by atoms with E-state index in [1.165, 1.54) is 11.3 Å². The van der Waals surface area contributed by atoms with Gasteiger partial charge in [0.1, 0.15) is 0 Å². The molecular formula is C21H24N4S. The van der Waals surface area contributed by atoms with Crippen LogP contribution in [0, 0.1) is 4.77 Å². The summed E-state index contributed by atoms with van der Waals surface area (Å²) in [7, 11) is 0. The molecule has 1 fully saturated rings. The van der Waals surface area contributed by atoms with Crippen molar-refractivity contribution >= 4 is 17.9 Å². The van der Waals surface area contributed by atoms with E-state index in [2.05, 4.69) is 85.9 Å². The van der Waals surface area contributed by atoms with E-state index in [-0.39, 0.29) is 0 Å². The third-order valence-corrected chi connectivity index (χ3v) is 5.43. The predicted octanol–water partition coefficient (Wildman–Crippen LogP) is 3.85. The SMILES string of the molecule is S=c1n(Cc2ccccc2)ccn1CN1CCN(c2ccccc2)CC1. The van der Waals surface area contributed by atoms with Crippen LogP contribution in [-0.2, 0) is 13.2 Å². The first-order chi connectivity index (χ1) is 12.8. The Labute approximate surface area is 159 Å². The molecule has 1 saturated heterocycles. The molecule has 4 rings (SSSR count). The molecule has 0 amide bonds. The highest BCUT2D eigenvalue weighted by Gasteiger charge is 2.17. The third kappa shape index (κ3) is 3.89. The molecule has 1 aliphatic rings. The Kier molecular flexibility index (Phi) is 5.18. The number of para-hydroxylation sites is 1. The maximum absolute atomic E-state index is 5.68. The minimum Gasteiger partial charge on any atom is -0.369 e. The number of hydrogen-bond donors (Lipinski definition) is 0. The summed E-state index contributed by atoms with van der Waals surface area (Å²) < 4.78 is 5.21.